The van der Waals surface area contributed by atoms with Crippen molar-refractivity contribution in [3.05, 3.63) is 11.1 Å². The smallest absolute Gasteiger partial charge is 0.254 e. The van der Waals surface area contributed by atoms with Gasteiger partial charge in [-0.1, -0.05) is 19.4 Å². The van der Waals surface area contributed by atoms with Gasteiger partial charge in [0.1, 0.15) is 0 Å². The molecule has 0 aromatic carbocycles. The SMILES string of the molecule is CCC(C)/C(C)=C1/CC(=O)NC1=O. The van der Waals surface area contributed by atoms with Crippen LogP contribution in [0.2, 0.25) is 0 Å². The Balaban J connectivity index is 2.91. The molecule has 1 atom stereocenters. The van der Waals surface area contributed by atoms with Gasteiger partial charge in [-0.25, -0.2) is 0 Å². The Kier molecular flexibility index (Phi) is 2.86. The molecule has 1 rings (SSSR count). The van der Waals surface area contributed by atoms with Crippen LogP contribution in [0.15, 0.2) is 11.1 Å². The van der Waals surface area contributed by atoms with Crippen LogP contribution in [0, 0.1) is 5.92 Å². The van der Waals surface area contributed by atoms with Gasteiger partial charge in [0.2, 0.25) is 5.91 Å². The van der Waals surface area contributed by atoms with E-state index in [0.29, 0.717) is 11.5 Å². The maximum Gasteiger partial charge on any atom is 0.254 e. The highest BCUT2D eigenvalue weighted by molar-refractivity contribution is 6.13. The molecule has 0 bridgehead atoms. The first-order valence-electron chi connectivity index (χ1n) is 4.60. The number of carbonyl (C=O) groups is 2. The van der Waals surface area contributed by atoms with Crippen molar-refractivity contribution in [1.29, 1.82) is 0 Å². The van der Waals surface area contributed by atoms with Gasteiger partial charge in [-0.3, -0.25) is 14.9 Å². The van der Waals surface area contributed by atoms with Crippen molar-refractivity contribution < 1.29 is 9.59 Å². The molecule has 2 amide bonds. The van der Waals surface area contributed by atoms with Crippen molar-refractivity contribution in [2.24, 2.45) is 5.92 Å². The molecule has 1 heterocycles. The van der Waals surface area contributed by atoms with Crippen LogP contribution in [-0.2, 0) is 9.59 Å². The van der Waals surface area contributed by atoms with E-state index in [0.717, 1.165) is 12.0 Å². The number of amides is 2. The summed E-state index contributed by atoms with van der Waals surface area (Å²) in [4.78, 5) is 22.2. The molecule has 0 aromatic heterocycles. The number of allylic oxidation sites excluding steroid dienone is 1. The summed E-state index contributed by atoms with van der Waals surface area (Å²) < 4.78 is 0. The summed E-state index contributed by atoms with van der Waals surface area (Å²) in [6, 6.07) is 0. The molecule has 1 aliphatic heterocycles. The Labute approximate surface area is 78.2 Å². The van der Waals surface area contributed by atoms with Gasteiger partial charge in [-0.2, -0.15) is 0 Å². The van der Waals surface area contributed by atoms with E-state index in [1.807, 2.05) is 6.92 Å². The number of rotatable bonds is 2. The first-order valence-corrected chi connectivity index (χ1v) is 4.60. The number of hydrogen-bond donors (Lipinski definition) is 1. The molecule has 13 heavy (non-hydrogen) atoms. The monoisotopic (exact) mass is 181 g/mol. The van der Waals surface area contributed by atoms with Crippen LogP contribution < -0.4 is 5.32 Å². The number of carbonyl (C=O) groups excluding carboxylic acids is 2. The zero-order valence-corrected chi connectivity index (χ0v) is 8.31. The van der Waals surface area contributed by atoms with Gasteiger partial charge < -0.3 is 0 Å². The summed E-state index contributed by atoms with van der Waals surface area (Å²) in [5.74, 6) is -0.00268. The van der Waals surface area contributed by atoms with E-state index in [2.05, 4.69) is 19.2 Å². The molecule has 0 aliphatic carbocycles. The predicted octanol–water partition coefficient (Wildman–Crippen LogP) is 1.40. The lowest BCUT2D eigenvalue weighted by Crippen LogP contribution is -2.20. The summed E-state index contributed by atoms with van der Waals surface area (Å²) in [5.41, 5.74) is 1.71. The van der Waals surface area contributed by atoms with Crippen LogP contribution in [0.4, 0.5) is 0 Å². The number of hydrogen-bond acceptors (Lipinski definition) is 2. The average molecular weight is 181 g/mol. The average Bonchev–Trinajstić information content (AvgIpc) is 2.42. The van der Waals surface area contributed by atoms with Crippen LogP contribution in [0.3, 0.4) is 0 Å². The van der Waals surface area contributed by atoms with Crippen LogP contribution in [0.25, 0.3) is 0 Å². The highest BCUT2D eigenvalue weighted by atomic mass is 16.2. The van der Waals surface area contributed by atoms with E-state index < -0.39 is 0 Å². The standard InChI is InChI=1S/C10H15NO2/c1-4-6(2)7(3)8-5-9(12)11-10(8)13/h6H,4-5H2,1-3H3,(H,11,12,13)/b8-7-. The normalized spacial score (nSPS) is 23.0. The minimum absolute atomic E-state index is 0.178. The van der Waals surface area contributed by atoms with Gasteiger partial charge in [0.25, 0.3) is 5.91 Å². The fraction of sp³-hybridized carbons (Fsp3) is 0.600. The molecule has 0 spiro atoms. The Morgan fingerprint density at radius 2 is 2.15 bits per heavy atom. The lowest BCUT2D eigenvalue weighted by atomic mass is 9.94. The largest absolute Gasteiger partial charge is 0.292 e. The fourth-order valence-electron chi connectivity index (χ4n) is 1.41. The lowest BCUT2D eigenvalue weighted by molar-refractivity contribution is -0.124. The molecule has 72 valence electrons. The third-order valence-corrected chi connectivity index (χ3v) is 2.69. The fourth-order valence-corrected chi connectivity index (χ4v) is 1.41. The van der Waals surface area contributed by atoms with Crippen molar-refractivity contribution in [2.75, 3.05) is 0 Å². The quantitative estimate of drug-likeness (QED) is 0.517. The van der Waals surface area contributed by atoms with Crippen LogP contribution in [0.5, 0.6) is 0 Å². The highest BCUT2D eigenvalue weighted by Gasteiger charge is 2.26. The Morgan fingerprint density at radius 3 is 2.54 bits per heavy atom. The van der Waals surface area contributed by atoms with E-state index >= 15 is 0 Å². The van der Waals surface area contributed by atoms with Crippen molar-refractivity contribution in [3.8, 4) is 0 Å². The van der Waals surface area contributed by atoms with Gasteiger partial charge in [-0.05, 0) is 19.3 Å². The van der Waals surface area contributed by atoms with Gasteiger partial charge in [-0.15, -0.1) is 0 Å². The van der Waals surface area contributed by atoms with Crippen LogP contribution in [-0.4, -0.2) is 11.8 Å². The Hall–Kier alpha value is -1.12. The molecular weight excluding hydrogens is 166 g/mol. The minimum atomic E-state index is -0.206. The van der Waals surface area contributed by atoms with E-state index in [9.17, 15) is 9.59 Å². The minimum Gasteiger partial charge on any atom is -0.292 e. The molecule has 1 N–H and O–H groups in total. The molecule has 0 saturated carbocycles. The van der Waals surface area contributed by atoms with Crippen molar-refractivity contribution in [2.45, 2.75) is 33.6 Å². The second kappa shape index (κ2) is 3.73. The van der Waals surface area contributed by atoms with Crippen molar-refractivity contribution in [1.82, 2.24) is 5.32 Å². The summed E-state index contributed by atoms with van der Waals surface area (Å²) in [7, 11) is 0. The van der Waals surface area contributed by atoms with E-state index in [1.54, 1.807) is 0 Å². The number of nitrogens with one attached hydrogen (secondary N) is 1. The molecule has 1 fully saturated rings. The zero-order chi connectivity index (χ0) is 10.0. The molecule has 3 nitrogen and oxygen atoms in total. The molecular formula is C10H15NO2. The van der Waals surface area contributed by atoms with E-state index in [4.69, 9.17) is 0 Å². The van der Waals surface area contributed by atoms with Crippen LogP contribution >= 0.6 is 0 Å². The van der Waals surface area contributed by atoms with Crippen molar-refractivity contribution >= 4 is 11.8 Å². The molecule has 1 unspecified atom stereocenters. The summed E-state index contributed by atoms with van der Waals surface area (Å²) in [5, 5.41) is 2.29. The molecule has 3 heteroatoms. The third-order valence-electron chi connectivity index (χ3n) is 2.69. The third kappa shape index (κ3) is 1.97. The molecule has 1 saturated heterocycles. The molecule has 1 aliphatic rings. The summed E-state index contributed by atoms with van der Waals surface area (Å²) in [6.07, 6.45) is 1.26. The van der Waals surface area contributed by atoms with Gasteiger partial charge in [0, 0.05) is 5.57 Å². The number of imide groups is 1. The maximum atomic E-state index is 11.3. The first-order chi connectivity index (χ1) is 6.06. The van der Waals surface area contributed by atoms with E-state index in [1.165, 1.54) is 0 Å². The second-order valence-corrected chi connectivity index (χ2v) is 3.52. The zero-order valence-electron chi connectivity index (χ0n) is 8.31. The highest BCUT2D eigenvalue weighted by Crippen LogP contribution is 2.22. The lowest BCUT2D eigenvalue weighted by Gasteiger charge is -2.10. The second-order valence-electron chi connectivity index (χ2n) is 3.52. The topological polar surface area (TPSA) is 46.2 Å². The van der Waals surface area contributed by atoms with Gasteiger partial charge >= 0.3 is 0 Å². The molecule has 0 radical (unpaired) electrons. The van der Waals surface area contributed by atoms with E-state index in [-0.39, 0.29) is 18.2 Å². The Bertz CT molecular complexity index is 279. The molecule has 0 aromatic rings. The maximum absolute atomic E-state index is 11.3. The first kappa shape index (κ1) is 9.96. The predicted molar refractivity (Wildman–Crippen MR) is 49.9 cm³/mol. The van der Waals surface area contributed by atoms with Gasteiger partial charge in [0.15, 0.2) is 0 Å². The summed E-state index contributed by atoms with van der Waals surface area (Å²) >= 11 is 0. The van der Waals surface area contributed by atoms with Gasteiger partial charge in [0.05, 0.1) is 6.42 Å². The van der Waals surface area contributed by atoms with Crippen LogP contribution in [0.1, 0.15) is 33.6 Å². The van der Waals surface area contributed by atoms with Crippen molar-refractivity contribution in [3.63, 3.8) is 0 Å². The summed E-state index contributed by atoms with van der Waals surface area (Å²) in [6.45, 7) is 6.07. The Morgan fingerprint density at radius 1 is 1.54 bits per heavy atom.